The van der Waals surface area contributed by atoms with Crippen LogP contribution in [0.15, 0.2) is 24.3 Å². The van der Waals surface area contributed by atoms with Gasteiger partial charge in [0.15, 0.2) is 0 Å². The molecule has 26 heavy (non-hydrogen) atoms. The molecular weight excluding hydrogens is 350 g/mol. The fraction of sp³-hybridized carbons (Fsp3) is 0.400. The lowest BCUT2D eigenvalue weighted by Crippen LogP contribution is -2.26. The van der Waals surface area contributed by atoms with E-state index in [9.17, 15) is 9.59 Å². The Kier molecular flexibility index (Phi) is 5.61. The van der Waals surface area contributed by atoms with Gasteiger partial charge in [-0.25, -0.2) is 4.79 Å². The van der Waals surface area contributed by atoms with Crippen LogP contribution < -0.4 is 10.1 Å². The molecule has 1 atom stereocenters. The molecule has 138 valence electrons. The molecule has 2 heterocycles. The maximum Gasteiger partial charge on any atom is 0.341 e. The van der Waals surface area contributed by atoms with Crippen LogP contribution in [0.3, 0.4) is 0 Å². The third kappa shape index (κ3) is 3.46. The van der Waals surface area contributed by atoms with Gasteiger partial charge in [-0.05, 0) is 38.3 Å². The van der Waals surface area contributed by atoms with Gasteiger partial charge in [0, 0.05) is 10.4 Å². The molecule has 0 bridgehead atoms. The van der Waals surface area contributed by atoms with Crippen molar-refractivity contribution in [2.45, 2.75) is 39.5 Å². The van der Waals surface area contributed by atoms with Crippen LogP contribution in [0.2, 0.25) is 0 Å². The summed E-state index contributed by atoms with van der Waals surface area (Å²) < 4.78 is 10.8. The van der Waals surface area contributed by atoms with Gasteiger partial charge >= 0.3 is 5.97 Å². The first-order valence-corrected chi connectivity index (χ1v) is 9.70. The van der Waals surface area contributed by atoms with Gasteiger partial charge in [-0.3, -0.25) is 4.79 Å². The van der Waals surface area contributed by atoms with Crippen molar-refractivity contribution in [2.75, 3.05) is 18.5 Å². The van der Waals surface area contributed by atoms with E-state index in [4.69, 9.17) is 9.47 Å². The molecular formula is C20H23NO4S. The molecule has 0 saturated heterocycles. The van der Waals surface area contributed by atoms with Crippen molar-refractivity contribution in [3.05, 3.63) is 45.8 Å². The van der Waals surface area contributed by atoms with Gasteiger partial charge in [0.2, 0.25) is 5.91 Å². The molecule has 0 radical (unpaired) electrons. The number of hydrogen-bond acceptors (Lipinski definition) is 5. The quantitative estimate of drug-likeness (QED) is 0.794. The van der Waals surface area contributed by atoms with Crippen LogP contribution in [0.1, 0.15) is 52.5 Å². The number of carbonyl (C=O) groups excluding carboxylic acids is 2. The molecule has 5 nitrogen and oxygen atoms in total. The summed E-state index contributed by atoms with van der Waals surface area (Å²) in [5.74, 6) is -0.0322. The van der Waals surface area contributed by atoms with Crippen molar-refractivity contribution in [3.63, 3.8) is 0 Å². The Labute approximate surface area is 157 Å². The van der Waals surface area contributed by atoms with Gasteiger partial charge in [0.25, 0.3) is 0 Å². The van der Waals surface area contributed by atoms with E-state index in [0.717, 1.165) is 21.8 Å². The summed E-state index contributed by atoms with van der Waals surface area (Å²) >= 11 is 1.43. The zero-order valence-corrected chi connectivity index (χ0v) is 16.1. The molecule has 2 aromatic rings. The highest BCUT2D eigenvalue weighted by Gasteiger charge is 2.30. The van der Waals surface area contributed by atoms with E-state index in [-0.39, 0.29) is 17.8 Å². The second-order valence-electron chi connectivity index (χ2n) is 6.13. The van der Waals surface area contributed by atoms with Crippen molar-refractivity contribution in [1.82, 2.24) is 0 Å². The minimum atomic E-state index is -0.378. The van der Waals surface area contributed by atoms with Crippen LogP contribution in [0, 0.1) is 6.92 Å². The second kappa shape index (κ2) is 7.91. The smallest absolute Gasteiger partial charge is 0.341 e. The molecule has 0 fully saturated rings. The van der Waals surface area contributed by atoms with Gasteiger partial charge in [0.05, 0.1) is 24.7 Å². The average Bonchev–Trinajstić information content (AvgIpc) is 2.96. The number of rotatable bonds is 5. The Balaban J connectivity index is 1.90. The van der Waals surface area contributed by atoms with Crippen LogP contribution in [0.4, 0.5) is 5.00 Å². The Bertz CT molecular complexity index is 827. The lowest BCUT2D eigenvalue weighted by atomic mass is 9.92. The summed E-state index contributed by atoms with van der Waals surface area (Å²) in [5.41, 5.74) is 2.32. The van der Waals surface area contributed by atoms with E-state index in [1.54, 1.807) is 6.92 Å². The molecule has 6 heteroatoms. The first-order chi connectivity index (χ1) is 12.6. The molecule has 1 amide bonds. The Morgan fingerprint density at radius 2 is 2.08 bits per heavy atom. The summed E-state index contributed by atoms with van der Waals surface area (Å²) in [7, 11) is 0. The minimum absolute atomic E-state index is 0.116. The van der Waals surface area contributed by atoms with Crippen molar-refractivity contribution < 1.29 is 19.1 Å². The van der Waals surface area contributed by atoms with Gasteiger partial charge in [-0.2, -0.15) is 0 Å². The van der Waals surface area contributed by atoms with E-state index in [2.05, 4.69) is 5.32 Å². The SMILES string of the molecule is CCOC(=O)c1c(NC(=O)C2CCOc3ccccc32)sc(C)c1CC. The van der Waals surface area contributed by atoms with E-state index < -0.39 is 0 Å². The zero-order chi connectivity index (χ0) is 18.7. The molecule has 0 aliphatic carbocycles. The first-order valence-electron chi connectivity index (χ1n) is 8.88. The zero-order valence-electron chi connectivity index (χ0n) is 15.3. The summed E-state index contributed by atoms with van der Waals surface area (Å²) in [6.45, 7) is 6.55. The second-order valence-corrected chi connectivity index (χ2v) is 7.36. The first kappa shape index (κ1) is 18.5. The predicted molar refractivity (Wildman–Crippen MR) is 102 cm³/mol. The molecule has 0 saturated carbocycles. The number of thiophene rings is 1. The summed E-state index contributed by atoms with van der Waals surface area (Å²) in [6.07, 6.45) is 1.33. The number of amides is 1. The predicted octanol–water partition coefficient (Wildman–Crippen LogP) is 4.30. The lowest BCUT2D eigenvalue weighted by Gasteiger charge is -2.25. The third-order valence-corrected chi connectivity index (χ3v) is 5.62. The number of para-hydroxylation sites is 1. The highest BCUT2D eigenvalue weighted by atomic mass is 32.1. The van der Waals surface area contributed by atoms with E-state index in [0.29, 0.717) is 36.6 Å². The summed E-state index contributed by atoms with van der Waals surface area (Å²) in [5, 5.41) is 3.55. The van der Waals surface area contributed by atoms with E-state index >= 15 is 0 Å². The largest absolute Gasteiger partial charge is 0.493 e. The Morgan fingerprint density at radius 1 is 1.31 bits per heavy atom. The maximum absolute atomic E-state index is 13.0. The van der Waals surface area contributed by atoms with Crippen molar-refractivity contribution in [2.24, 2.45) is 0 Å². The monoisotopic (exact) mass is 373 g/mol. The van der Waals surface area contributed by atoms with Gasteiger partial charge in [0.1, 0.15) is 10.8 Å². The average molecular weight is 373 g/mol. The van der Waals surface area contributed by atoms with Crippen LogP contribution >= 0.6 is 11.3 Å². The number of nitrogens with one attached hydrogen (secondary N) is 1. The molecule has 1 aliphatic heterocycles. The Hall–Kier alpha value is -2.34. The van der Waals surface area contributed by atoms with E-state index in [1.165, 1.54) is 11.3 Å². The number of benzene rings is 1. The normalized spacial score (nSPS) is 15.7. The number of fused-ring (bicyclic) bond motifs is 1. The highest BCUT2D eigenvalue weighted by molar-refractivity contribution is 7.16. The fourth-order valence-corrected chi connectivity index (χ4v) is 4.46. The number of esters is 1. The molecule has 1 aliphatic rings. The number of hydrogen-bond donors (Lipinski definition) is 1. The Morgan fingerprint density at radius 3 is 2.81 bits per heavy atom. The molecule has 1 aromatic heterocycles. The topological polar surface area (TPSA) is 64.6 Å². The molecule has 1 unspecified atom stereocenters. The summed E-state index contributed by atoms with van der Waals surface area (Å²) in [4.78, 5) is 26.4. The van der Waals surface area contributed by atoms with Crippen molar-refractivity contribution >= 4 is 28.2 Å². The summed E-state index contributed by atoms with van der Waals surface area (Å²) in [6, 6.07) is 7.60. The van der Waals surface area contributed by atoms with Gasteiger partial charge in [-0.15, -0.1) is 11.3 Å². The van der Waals surface area contributed by atoms with Gasteiger partial charge < -0.3 is 14.8 Å². The lowest BCUT2D eigenvalue weighted by molar-refractivity contribution is -0.118. The standard InChI is InChI=1S/C20H23NO4S/c1-4-13-12(3)26-19(17(13)20(23)24-5-2)21-18(22)15-10-11-25-16-9-7-6-8-14(15)16/h6-9,15H,4-5,10-11H2,1-3H3,(H,21,22). The minimum Gasteiger partial charge on any atom is -0.493 e. The van der Waals surface area contributed by atoms with E-state index in [1.807, 2.05) is 38.1 Å². The molecule has 1 aromatic carbocycles. The van der Waals surface area contributed by atoms with Crippen LogP contribution in [-0.4, -0.2) is 25.1 Å². The number of aryl methyl sites for hydroxylation is 1. The highest BCUT2D eigenvalue weighted by Crippen LogP contribution is 2.37. The third-order valence-electron chi connectivity index (χ3n) is 4.55. The molecule has 3 rings (SSSR count). The molecule has 0 spiro atoms. The van der Waals surface area contributed by atoms with Crippen LogP contribution in [0.25, 0.3) is 0 Å². The fourth-order valence-electron chi connectivity index (χ4n) is 3.33. The molecule has 1 N–H and O–H groups in total. The number of ether oxygens (including phenoxy) is 2. The van der Waals surface area contributed by atoms with Gasteiger partial charge in [-0.1, -0.05) is 25.1 Å². The van der Waals surface area contributed by atoms with Crippen molar-refractivity contribution in [3.8, 4) is 5.75 Å². The van der Waals surface area contributed by atoms with Crippen molar-refractivity contribution in [1.29, 1.82) is 0 Å². The van der Waals surface area contributed by atoms with Crippen LogP contribution in [-0.2, 0) is 16.0 Å². The number of carbonyl (C=O) groups is 2. The number of anilines is 1. The van der Waals surface area contributed by atoms with Crippen LogP contribution in [0.5, 0.6) is 5.75 Å². The maximum atomic E-state index is 13.0.